The lowest BCUT2D eigenvalue weighted by Crippen LogP contribution is -1.96. The number of fused-ring (bicyclic) bond motifs is 2. The maximum Gasteiger partial charge on any atom is 0.0167 e. The summed E-state index contributed by atoms with van der Waals surface area (Å²) in [5.41, 5.74) is 14.9. The average Bonchev–Trinajstić information content (AvgIpc) is 3.36. The van der Waals surface area contributed by atoms with Gasteiger partial charge in [-0.15, -0.1) is 0 Å². The number of allylic oxidation sites excluding steroid dienone is 2. The summed E-state index contributed by atoms with van der Waals surface area (Å²) in [6.45, 7) is 9.06. The van der Waals surface area contributed by atoms with Gasteiger partial charge in [0.15, 0.2) is 0 Å². The molecule has 0 bridgehead atoms. The van der Waals surface area contributed by atoms with E-state index in [0.29, 0.717) is 0 Å². The van der Waals surface area contributed by atoms with Gasteiger partial charge in [-0.05, 0) is 89.5 Å². The van der Waals surface area contributed by atoms with Crippen LogP contribution in [-0.4, -0.2) is 0 Å². The van der Waals surface area contributed by atoms with Gasteiger partial charge in [-0.2, -0.15) is 0 Å². The first kappa shape index (κ1) is 20.2. The number of benzene rings is 2. The summed E-state index contributed by atoms with van der Waals surface area (Å²) >= 11 is 0. The highest BCUT2D eigenvalue weighted by Gasteiger charge is 2.20. The fraction of sp³-hybridized carbons (Fsp3) is 0.379. The predicted octanol–water partition coefficient (Wildman–Crippen LogP) is 7.71. The zero-order valence-corrected chi connectivity index (χ0v) is 18.6. The van der Waals surface area contributed by atoms with Gasteiger partial charge in [0.05, 0.1) is 0 Å². The quantitative estimate of drug-likeness (QED) is 0.438. The molecule has 2 radical (unpaired) electrons. The van der Waals surface area contributed by atoms with Crippen molar-refractivity contribution in [2.75, 3.05) is 0 Å². The van der Waals surface area contributed by atoms with E-state index in [1.54, 1.807) is 0 Å². The van der Waals surface area contributed by atoms with Crippen molar-refractivity contribution < 1.29 is 0 Å². The summed E-state index contributed by atoms with van der Waals surface area (Å²) in [7, 11) is 0. The van der Waals surface area contributed by atoms with Gasteiger partial charge in [0.1, 0.15) is 0 Å². The predicted molar refractivity (Wildman–Crippen MR) is 127 cm³/mol. The molecule has 2 aliphatic rings. The summed E-state index contributed by atoms with van der Waals surface area (Å²) in [5, 5.41) is 0. The number of rotatable bonds is 8. The fourth-order valence-corrected chi connectivity index (χ4v) is 4.98. The molecule has 0 amide bonds. The Morgan fingerprint density at radius 1 is 0.483 bits per heavy atom. The molecular weight excluding hydrogens is 348 g/mol. The third-order valence-electron chi connectivity index (χ3n) is 6.71. The fourth-order valence-electron chi connectivity index (χ4n) is 4.98. The molecule has 0 aliphatic heterocycles. The Bertz CT molecular complexity index is 889. The minimum Gasteiger partial charge on any atom is -0.0613 e. The Balaban J connectivity index is 1.42. The van der Waals surface area contributed by atoms with Gasteiger partial charge >= 0.3 is 0 Å². The van der Waals surface area contributed by atoms with Crippen molar-refractivity contribution in [2.24, 2.45) is 0 Å². The van der Waals surface area contributed by atoms with Crippen molar-refractivity contribution in [3.05, 3.63) is 92.8 Å². The molecule has 2 aromatic carbocycles. The highest BCUT2D eigenvalue weighted by Crippen LogP contribution is 2.38. The van der Waals surface area contributed by atoms with E-state index < -0.39 is 0 Å². The molecule has 0 spiro atoms. The second-order valence-corrected chi connectivity index (χ2v) is 8.42. The second-order valence-electron chi connectivity index (χ2n) is 8.42. The van der Waals surface area contributed by atoms with E-state index in [0.717, 1.165) is 25.7 Å². The van der Waals surface area contributed by atoms with Gasteiger partial charge in [-0.1, -0.05) is 75.3 Å². The largest absolute Gasteiger partial charge is 0.0613 e. The summed E-state index contributed by atoms with van der Waals surface area (Å²) in [6, 6.07) is 9.32. The lowest BCUT2D eigenvalue weighted by Gasteiger charge is -2.10. The van der Waals surface area contributed by atoms with E-state index in [1.807, 2.05) is 0 Å². The topological polar surface area (TPSA) is 0 Å². The molecule has 0 N–H and O–H groups in total. The maximum atomic E-state index is 2.46. The van der Waals surface area contributed by atoms with Crippen LogP contribution in [0.5, 0.6) is 0 Å². The van der Waals surface area contributed by atoms with Crippen LogP contribution in [0.2, 0.25) is 0 Å². The van der Waals surface area contributed by atoms with Crippen LogP contribution in [0.1, 0.15) is 91.5 Å². The molecule has 2 aliphatic carbocycles. The Morgan fingerprint density at radius 2 is 0.828 bits per heavy atom. The Hall–Kier alpha value is -2.08. The van der Waals surface area contributed by atoms with Gasteiger partial charge < -0.3 is 0 Å². The standard InChI is InChI=1S/C29H34/c1-5-22-12-13-23(6-2)27-17-20(16-26(22)27)10-9-11-21-18-28-24(7-3)14-15-25(8-4)29(28)19-21/h12-19H,5-11H2,1-4H3. The third kappa shape index (κ3) is 3.87. The smallest absolute Gasteiger partial charge is 0.0167 e. The summed E-state index contributed by atoms with van der Waals surface area (Å²) in [4.78, 5) is 0. The lowest BCUT2D eigenvalue weighted by atomic mass is 9.94. The SMILES string of the molecule is CCc1ccc(CC)c2c1[CH]C(CCCC1=Cc3c(CC)ccc(CC)c3[CH]1)=C2. The molecule has 0 atom stereocenters. The first-order valence-electron chi connectivity index (χ1n) is 11.6. The molecule has 0 fully saturated rings. The number of aryl methyl sites for hydroxylation is 4. The van der Waals surface area contributed by atoms with Crippen molar-refractivity contribution in [3.63, 3.8) is 0 Å². The van der Waals surface area contributed by atoms with Gasteiger partial charge in [0.25, 0.3) is 0 Å². The van der Waals surface area contributed by atoms with Crippen LogP contribution < -0.4 is 0 Å². The van der Waals surface area contributed by atoms with Crippen molar-refractivity contribution in [1.82, 2.24) is 0 Å². The Labute approximate surface area is 177 Å². The summed E-state index contributed by atoms with van der Waals surface area (Å²) < 4.78 is 0. The highest BCUT2D eigenvalue weighted by atomic mass is 14.2. The maximum absolute atomic E-state index is 2.46. The van der Waals surface area contributed by atoms with Crippen molar-refractivity contribution in [2.45, 2.75) is 72.6 Å². The van der Waals surface area contributed by atoms with Gasteiger partial charge in [0.2, 0.25) is 0 Å². The Morgan fingerprint density at radius 3 is 1.17 bits per heavy atom. The zero-order valence-electron chi connectivity index (χ0n) is 18.6. The molecule has 0 saturated carbocycles. The van der Waals surface area contributed by atoms with Gasteiger partial charge in [-0.3, -0.25) is 0 Å². The lowest BCUT2D eigenvalue weighted by molar-refractivity contribution is 0.823. The summed E-state index contributed by atoms with van der Waals surface area (Å²) in [5.74, 6) is 0. The Kier molecular flexibility index (Phi) is 6.09. The molecule has 0 saturated heterocycles. The number of hydrogen-bond donors (Lipinski definition) is 0. The van der Waals surface area contributed by atoms with Crippen LogP contribution >= 0.6 is 0 Å². The summed E-state index contributed by atoms with van der Waals surface area (Å²) in [6.07, 6.45) is 17.9. The van der Waals surface area contributed by atoms with Crippen LogP contribution in [0, 0.1) is 12.8 Å². The monoisotopic (exact) mass is 382 g/mol. The van der Waals surface area contributed by atoms with E-state index in [4.69, 9.17) is 0 Å². The first-order valence-corrected chi connectivity index (χ1v) is 11.6. The van der Waals surface area contributed by atoms with E-state index in [9.17, 15) is 0 Å². The molecule has 4 rings (SSSR count). The third-order valence-corrected chi connectivity index (χ3v) is 6.71. The molecule has 0 nitrogen and oxygen atoms in total. The molecule has 2 aromatic rings. The molecule has 0 heterocycles. The molecule has 0 unspecified atom stereocenters. The molecule has 0 aromatic heterocycles. The normalized spacial score (nSPS) is 14.6. The minimum absolute atomic E-state index is 1.11. The van der Waals surface area contributed by atoms with Crippen LogP contribution in [0.25, 0.3) is 12.2 Å². The van der Waals surface area contributed by atoms with Crippen molar-refractivity contribution in [3.8, 4) is 0 Å². The van der Waals surface area contributed by atoms with E-state index >= 15 is 0 Å². The van der Waals surface area contributed by atoms with Crippen LogP contribution in [0.4, 0.5) is 0 Å². The molecule has 0 heteroatoms. The van der Waals surface area contributed by atoms with E-state index in [-0.39, 0.29) is 0 Å². The number of hydrogen-bond acceptors (Lipinski definition) is 0. The van der Waals surface area contributed by atoms with Crippen molar-refractivity contribution in [1.29, 1.82) is 0 Å². The second kappa shape index (κ2) is 8.74. The van der Waals surface area contributed by atoms with E-state index in [2.05, 4.69) is 77.0 Å². The van der Waals surface area contributed by atoms with Crippen LogP contribution in [0.3, 0.4) is 0 Å². The zero-order chi connectivity index (χ0) is 20.4. The molecule has 29 heavy (non-hydrogen) atoms. The van der Waals surface area contributed by atoms with E-state index in [1.165, 1.54) is 74.9 Å². The molecule has 150 valence electrons. The van der Waals surface area contributed by atoms with Crippen molar-refractivity contribution >= 4 is 12.2 Å². The van der Waals surface area contributed by atoms with Gasteiger partial charge in [-0.25, -0.2) is 0 Å². The van der Waals surface area contributed by atoms with Crippen LogP contribution in [-0.2, 0) is 25.7 Å². The van der Waals surface area contributed by atoms with Crippen LogP contribution in [0.15, 0.2) is 35.4 Å². The molecular formula is C29H34. The average molecular weight is 383 g/mol. The van der Waals surface area contributed by atoms with Gasteiger partial charge in [0, 0.05) is 12.8 Å². The first-order chi connectivity index (χ1) is 14.2. The minimum atomic E-state index is 1.11. The highest BCUT2D eigenvalue weighted by molar-refractivity contribution is 5.74.